The Kier molecular flexibility index (Phi) is 6.52. The first-order valence-corrected chi connectivity index (χ1v) is 8.12. The summed E-state index contributed by atoms with van der Waals surface area (Å²) in [6, 6.07) is 8.61. The second kappa shape index (κ2) is 8.40. The van der Waals surface area contributed by atoms with Crippen LogP contribution in [0.3, 0.4) is 0 Å². The summed E-state index contributed by atoms with van der Waals surface area (Å²) in [5.41, 5.74) is 1.25. The number of rotatable bonds is 7. The minimum Gasteiger partial charge on any atom is -0.496 e. The van der Waals surface area contributed by atoms with Gasteiger partial charge in [0.2, 0.25) is 0 Å². The fraction of sp³-hybridized carbons (Fsp3) is 0.667. The minimum absolute atomic E-state index is 0.278. The van der Waals surface area contributed by atoms with E-state index < -0.39 is 0 Å². The lowest BCUT2D eigenvalue weighted by Gasteiger charge is -2.35. The summed E-state index contributed by atoms with van der Waals surface area (Å²) >= 11 is 0. The van der Waals surface area contributed by atoms with Gasteiger partial charge in [-0.05, 0) is 43.9 Å². The van der Waals surface area contributed by atoms with Gasteiger partial charge in [-0.1, -0.05) is 37.5 Å². The van der Waals surface area contributed by atoms with Crippen LogP contribution in [0.1, 0.15) is 37.7 Å². The predicted molar refractivity (Wildman–Crippen MR) is 86.9 cm³/mol. The molecule has 0 aromatic heterocycles. The molecule has 1 aliphatic rings. The molecule has 0 saturated heterocycles. The molecule has 0 bridgehead atoms. The maximum atomic E-state index is 5.89. The number of nitrogens with one attached hydrogen (secondary N) is 1. The first-order chi connectivity index (χ1) is 10.3. The van der Waals surface area contributed by atoms with Gasteiger partial charge in [-0.2, -0.15) is 0 Å². The lowest BCUT2D eigenvalue weighted by atomic mass is 9.81. The molecule has 1 fully saturated rings. The van der Waals surface area contributed by atoms with Crippen molar-refractivity contribution in [1.82, 2.24) is 5.32 Å². The van der Waals surface area contributed by atoms with Gasteiger partial charge in [0.1, 0.15) is 5.75 Å². The van der Waals surface area contributed by atoms with E-state index in [4.69, 9.17) is 9.47 Å². The third-order valence-corrected chi connectivity index (χ3v) is 4.79. The van der Waals surface area contributed by atoms with E-state index in [1.807, 2.05) is 26.3 Å². The zero-order valence-electron chi connectivity index (χ0n) is 13.6. The summed E-state index contributed by atoms with van der Waals surface area (Å²) in [6.45, 7) is 0. The van der Waals surface area contributed by atoms with Gasteiger partial charge in [-0.25, -0.2) is 0 Å². The smallest absolute Gasteiger partial charge is 0.122 e. The number of likely N-dealkylation sites (N-methyl/N-ethyl adjacent to an activating group) is 1. The molecule has 2 atom stereocenters. The highest BCUT2D eigenvalue weighted by Gasteiger charge is 2.30. The van der Waals surface area contributed by atoms with Crippen LogP contribution in [0, 0.1) is 5.92 Å². The molecule has 1 saturated carbocycles. The van der Waals surface area contributed by atoms with Crippen LogP contribution in [-0.4, -0.2) is 33.4 Å². The molecule has 2 rings (SSSR count). The molecule has 1 aromatic rings. The second-order valence-corrected chi connectivity index (χ2v) is 6.01. The van der Waals surface area contributed by atoms with E-state index in [0.717, 1.165) is 12.2 Å². The van der Waals surface area contributed by atoms with Crippen molar-refractivity contribution in [3.8, 4) is 5.75 Å². The van der Waals surface area contributed by atoms with Gasteiger partial charge in [-0.3, -0.25) is 0 Å². The first-order valence-electron chi connectivity index (χ1n) is 8.12. The Labute approximate surface area is 129 Å². The molecule has 0 spiro atoms. The van der Waals surface area contributed by atoms with Gasteiger partial charge in [0.25, 0.3) is 0 Å². The molecule has 0 amide bonds. The SMILES string of the molecule is CNC(Cc1ccccc1OC)C(OC)C1CCCCC1. The van der Waals surface area contributed by atoms with Crippen LogP contribution < -0.4 is 10.1 Å². The summed E-state index contributed by atoms with van der Waals surface area (Å²) in [7, 11) is 5.63. The van der Waals surface area contributed by atoms with Crippen LogP contribution in [0.15, 0.2) is 24.3 Å². The molecule has 0 heterocycles. The molecule has 21 heavy (non-hydrogen) atoms. The Morgan fingerprint density at radius 1 is 1.14 bits per heavy atom. The molecule has 3 heteroatoms. The Morgan fingerprint density at radius 2 is 1.86 bits per heavy atom. The van der Waals surface area contributed by atoms with E-state index in [1.165, 1.54) is 37.7 Å². The molecule has 118 valence electrons. The first kappa shape index (κ1) is 16.3. The number of para-hydroxylation sites is 1. The normalized spacial score (nSPS) is 19.2. The van der Waals surface area contributed by atoms with Crippen LogP contribution >= 0.6 is 0 Å². The predicted octanol–water partition coefficient (Wildman–Crippen LogP) is 3.42. The largest absolute Gasteiger partial charge is 0.496 e. The summed E-state index contributed by atoms with van der Waals surface area (Å²) in [5.74, 6) is 1.65. The van der Waals surface area contributed by atoms with Crippen LogP contribution in [0.2, 0.25) is 0 Å². The highest BCUT2D eigenvalue weighted by Crippen LogP contribution is 2.31. The van der Waals surface area contributed by atoms with Gasteiger partial charge in [-0.15, -0.1) is 0 Å². The fourth-order valence-electron chi connectivity index (χ4n) is 3.64. The molecule has 1 N–H and O–H groups in total. The topological polar surface area (TPSA) is 30.5 Å². The van der Waals surface area contributed by atoms with Crippen molar-refractivity contribution in [2.75, 3.05) is 21.3 Å². The number of benzene rings is 1. The Morgan fingerprint density at radius 3 is 2.48 bits per heavy atom. The standard InChI is InChI=1S/C18H29NO2/c1-19-16(13-15-11-7-8-12-17(15)20-2)18(21-3)14-9-5-4-6-10-14/h7-8,11-12,14,16,18-19H,4-6,9-10,13H2,1-3H3. The molecule has 2 unspecified atom stereocenters. The molecular formula is C18H29NO2. The molecular weight excluding hydrogens is 262 g/mol. The minimum atomic E-state index is 0.278. The van der Waals surface area contributed by atoms with E-state index in [1.54, 1.807) is 7.11 Å². The Bertz CT molecular complexity index is 415. The van der Waals surface area contributed by atoms with Crippen molar-refractivity contribution in [3.63, 3.8) is 0 Å². The lowest BCUT2D eigenvalue weighted by Crippen LogP contribution is -2.45. The van der Waals surface area contributed by atoms with Crippen LogP contribution in [0.5, 0.6) is 5.75 Å². The third kappa shape index (κ3) is 4.21. The van der Waals surface area contributed by atoms with Crippen molar-refractivity contribution >= 4 is 0 Å². The highest BCUT2D eigenvalue weighted by atomic mass is 16.5. The van der Waals surface area contributed by atoms with Crippen LogP contribution in [-0.2, 0) is 11.2 Å². The van der Waals surface area contributed by atoms with E-state index >= 15 is 0 Å². The quantitative estimate of drug-likeness (QED) is 0.835. The molecule has 1 aliphatic carbocycles. The van der Waals surface area contributed by atoms with Gasteiger partial charge >= 0.3 is 0 Å². The monoisotopic (exact) mass is 291 g/mol. The zero-order chi connectivity index (χ0) is 15.1. The third-order valence-electron chi connectivity index (χ3n) is 4.79. The highest BCUT2D eigenvalue weighted by molar-refractivity contribution is 5.34. The molecule has 0 radical (unpaired) electrons. The second-order valence-electron chi connectivity index (χ2n) is 6.01. The van der Waals surface area contributed by atoms with Crippen LogP contribution in [0.4, 0.5) is 0 Å². The fourth-order valence-corrected chi connectivity index (χ4v) is 3.64. The van der Waals surface area contributed by atoms with Crippen LogP contribution in [0.25, 0.3) is 0 Å². The van der Waals surface area contributed by atoms with Gasteiger partial charge < -0.3 is 14.8 Å². The van der Waals surface area contributed by atoms with Crippen molar-refractivity contribution in [3.05, 3.63) is 29.8 Å². The van der Waals surface area contributed by atoms with Gasteiger partial charge in [0, 0.05) is 13.2 Å². The van der Waals surface area contributed by atoms with E-state index in [-0.39, 0.29) is 6.10 Å². The van der Waals surface area contributed by atoms with Crippen molar-refractivity contribution < 1.29 is 9.47 Å². The number of hydrogen-bond acceptors (Lipinski definition) is 3. The average Bonchev–Trinajstić information content (AvgIpc) is 2.56. The lowest BCUT2D eigenvalue weighted by molar-refractivity contribution is 0.0100. The Balaban J connectivity index is 2.09. The summed E-state index contributed by atoms with van der Waals surface area (Å²) in [4.78, 5) is 0. The number of hydrogen-bond donors (Lipinski definition) is 1. The van der Waals surface area contributed by atoms with Crippen molar-refractivity contribution in [1.29, 1.82) is 0 Å². The molecule has 0 aliphatic heterocycles. The summed E-state index contributed by atoms with van der Waals surface area (Å²) in [6.07, 6.45) is 7.87. The zero-order valence-corrected chi connectivity index (χ0v) is 13.6. The van der Waals surface area contributed by atoms with Crippen molar-refractivity contribution in [2.45, 2.75) is 50.7 Å². The molecule has 3 nitrogen and oxygen atoms in total. The summed E-state index contributed by atoms with van der Waals surface area (Å²) < 4.78 is 11.4. The maximum Gasteiger partial charge on any atom is 0.122 e. The Hall–Kier alpha value is -1.06. The van der Waals surface area contributed by atoms with E-state index in [9.17, 15) is 0 Å². The number of methoxy groups -OCH3 is 2. The van der Waals surface area contributed by atoms with Gasteiger partial charge in [0.15, 0.2) is 0 Å². The summed E-state index contributed by atoms with van der Waals surface area (Å²) in [5, 5.41) is 3.47. The van der Waals surface area contributed by atoms with E-state index in [2.05, 4.69) is 17.4 Å². The molecule has 1 aromatic carbocycles. The van der Waals surface area contributed by atoms with Gasteiger partial charge in [0.05, 0.1) is 13.2 Å². The van der Waals surface area contributed by atoms with E-state index in [0.29, 0.717) is 12.0 Å². The maximum absolute atomic E-state index is 5.89. The van der Waals surface area contributed by atoms with Crippen molar-refractivity contribution in [2.24, 2.45) is 5.92 Å². The number of ether oxygens (including phenoxy) is 2. The average molecular weight is 291 g/mol.